The van der Waals surface area contributed by atoms with Crippen molar-refractivity contribution < 1.29 is 30.1 Å². The van der Waals surface area contributed by atoms with Gasteiger partial charge >= 0.3 is 11.8 Å². The molecule has 0 aromatic heterocycles. The molecule has 0 amide bonds. The molecule has 1 fully saturated rings. The van der Waals surface area contributed by atoms with Gasteiger partial charge in [0, 0.05) is 11.8 Å². The highest BCUT2D eigenvalue weighted by Gasteiger charge is 2.61. The zero-order valence-electron chi connectivity index (χ0n) is 20.8. The normalized spacial score (nSPS) is 19.8. The van der Waals surface area contributed by atoms with Gasteiger partial charge in [-0.2, -0.15) is 0 Å². The molecule has 1 aliphatic carbocycles. The molecule has 4 atom stereocenters. The second-order valence-corrected chi connectivity index (χ2v) is 9.58. The van der Waals surface area contributed by atoms with Gasteiger partial charge in [-0.3, -0.25) is 4.84 Å². The van der Waals surface area contributed by atoms with Crippen LogP contribution in [0.5, 0.6) is 0 Å². The number of aliphatic hydroxyl groups excluding tert-OH is 2. The number of quaternary nitrogens is 1. The van der Waals surface area contributed by atoms with Crippen molar-refractivity contribution in [3.8, 4) is 0 Å². The summed E-state index contributed by atoms with van der Waals surface area (Å²) >= 11 is 0. The first-order valence-electron chi connectivity index (χ1n) is 12.7. The number of aliphatic hydroxyl groups is 2. The highest BCUT2D eigenvalue weighted by Crippen LogP contribution is 2.61. The summed E-state index contributed by atoms with van der Waals surface area (Å²) in [6, 6.07) is 34.8. The van der Waals surface area contributed by atoms with Crippen LogP contribution in [0.3, 0.4) is 0 Å². The smallest absolute Gasteiger partial charge is 0.390 e. The van der Waals surface area contributed by atoms with E-state index in [1.807, 2.05) is 42.5 Å². The van der Waals surface area contributed by atoms with Crippen LogP contribution in [0.1, 0.15) is 55.3 Å². The molecule has 0 saturated heterocycles. The zero-order valence-corrected chi connectivity index (χ0v) is 20.8. The second kappa shape index (κ2) is 11.5. The maximum absolute atomic E-state index is 13.5. The molecular weight excluding hydrogens is 478 g/mol. The average Bonchev–Trinajstić information content (AvgIpc) is 3.74. The molecule has 1 radical (unpaired) electrons. The molecule has 0 unspecified atom stereocenters. The number of Topliss-reactive ketones (excluding diaryl/α,β-unsaturated/α-hetero) is 1. The first-order chi connectivity index (χ1) is 18.6. The third-order valence-electron chi connectivity index (χ3n) is 7.20. The number of rotatable bonds is 10. The molecule has 0 aliphatic heterocycles. The first kappa shape index (κ1) is 25.5. The van der Waals surface area contributed by atoms with Gasteiger partial charge in [0.15, 0.2) is 6.04 Å². The fourth-order valence-corrected chi connectivity index (χ4v) is 5.11. The second-order valence-electron chi connectivity index (χ2n) is 9.58. The van der Waals surface area contributed by atoms with Gasteiger partial charge in [-0.05, 0) is 41.0 Å². The molecule has 0 spiro atoms. The summed E-state index contributed by atoms with van der Waals surface area (Å²) in [6.45, 7) is -0.386. The Balaban J connectivity index is 1.25. The van der Waals surface area contributed by atoms with E-state index in [1.165, 1.54) is 0 Å². The van der Waals surface area contributed by atoms with E-state index in [0.29, 0.717) is 11.1 Å². The van der Waals surface area contributed by atoms with Gasteiger partial charge in [0.1, 0.15) is 18.6 Å². The third-order valence-corrected chi connectivity index (χ3v) is 7.20. The molecule has 5 rings (SSSR count). The molecule has 4 aromatic carbocycles. The van der Waals surface area contributed by atoms with E-state index >= 15 is 0 Å². The number of benzene rings is 4. The predicted molar refractivity (Wildman–Crippen MR) is 142 cm³/mol. The number of carbonyl (C=O) groups excluding carboxylic acids is 2. The zero-order chi connectivity index (χ0) is 26.5. The lowest BCUT2D eigenvalue weighted by atomic mass is 10.0. The van der Waals surface area contributed by atoms with Crippen molar-refractivity contribution >= 4 is 11.8 Å². The van der Waals surface area contributed by atoms with Gasteiger partial charge in [-0.1, -0.05) is 91.0 Å². The van der Waals surface area contributed by atoms with Crippen LogP contribution in [-0.4, -0.2) is 34.6 Å². The highest BCUT2D eigenvalue weighted by molar-refractivity contribution is 6.02. The molecule has 6 nitrogen and oxygen atoms in total. The average molecular weight is 509 g/mol. The van der Waals surface area contributed by atoms with Crippen LogP contribution >= 0.6 is 0 Å². The molecule has 0 heterocycles. The molecule has 1 aliphatic rings. The Bertz CT molecular complexity index is 1310. The SMILES string of the molecule is O=C(O[NH2+][C@@H](CO)[C@@H](O)c1ccccc1)c1ccc(C(=[O+])C2[C@@H](c3ccccc3)[C@@H]2c2ccccc2)cc1. The summed E-state index contributed by atoms with van der Waals surface area (Å²) in [7, 11) is 0. The van der Waals surface area contributed by atoms with Gasteiger partial charge in [0.2, 0.25) is 4.79 Å². The van der Waals surface area contributed by atoms with E-state index < -0.39 is 18.1 Å². The van der Waals surface area contributed by atoms with E-state index in [9.17, 15) is 19.8 Å². The fraction of sp³-hybridized carbons (Fsp3) is 0.188. The van der Waals surface area contributed by atoms with Crippen molar-refractivity contribution in [2.24, 2.45) is 5.92 Å². The topological polar surface area (TPSA) is 103 Å². The number of hydrogen-bond acceptors (Lipinski definition) is 5. The molecule has 1 saturated carbocycles. The largest absolute Gasteiger partial charge is 0.478 e. The minimum absolute atomic E-state index is 0.0468. The van der Waals surface area contributed by atoms with Crippen molar-refractivity contribution in [3.63, 3.8) is 0 Å². The summed E-state index contributed by atoms with van der Waals surface area (Å²) in [5, 5.41) is 20.2. The molecule has 191 valence electrons. The number of ketones is 1. The molecular formula is C32H30NO5+2. The van der Waals surface area contributed by atoms with E-state index in [4.69, 9.17) is 4.84 Å². The molecule has 4 aromatic rings. The molecule has 38 heavy (non-hydrogen) atoms. The Morgan fingerprint density at radius 3 is 1.74 bits per heavy atom. The lowest BCUT2D eigenvalue weighted by Crippen LogP contribution is -2.91. The minimum Gasteiger partial charge on any atom is -0.390 e. The third kappa shape index (κ3) is 5.43. The Morgan fingerprint density at radius 1 is 0.763 bits per heavy atom. The van der Waals surface area contributed by atoms with E-state index in [1.54, 1.807) is 48.5 Å². The van der Waals surface area contributed by atoms with Crippen LogP contribution in [0.25, 0.3) is 0 Å². The van der Waals surface area contributed by atoms with Crippen LogP contribution in [0.15, 0.2) is 115 Å². The van der Waals surface area contributed by atoms with E-state index in [0.717, 1.165) is 16.6 Å². The first-order valence-corrected chi connectivity index (χ1v) is 12.7. The number of nitrogens with two attached hydrogens (primary N) is 1. The van der Waals surface area contributed by atoms with Crippen LogP contribution < -0.4 is 5.48 Å². The van der Waals surface area contributed by atoms with Crippen LogP contribution in [0.2, 0.25) is 0 Å². The van der Waals surface area contributed by atoms with Crippen molar-refractivity contribution in [1.29, 1.82) is 0 Å². The number of carbonyl (C=O) groups is 2. The van der Waals surface area contributed by atoms with Gasteiger partial charge in [-0.25, -0.2) is 4.79 Å². The standard InChI is InChI=1S/C32H29NO5/c34-20-26(30(35)23-14-8-3-9-15-23)33-38-32(37)25-18-16-24(17-19-25)31(36)29-27(21-10-4-1-5-11-21)28(29)22-12-6-2-7-13-22/h1-19,26-30,33-35H,20H2/q+1/p+1/t26-,27-,28-,30-/m0/s1. The van der Waals surface area contributed by atoms with E-state index in [-0.39, 0.29) is 35.7 Å². The van der Waals surface area contributed by atoms with Crippen molar-refractivity contribution in [2.45, 2.75) is 24.0 Å². The van der Waals surface area contributed by atoms with Crippen LogP contribution in [0.4, 0.5) is 0 Å². The summed E-state index contributed by atoms with van der Waals surface area (Å²) in [5.41, 5.74) is 4.89. The quantitative estimate of drug-likeness (QED) is 0.172. The lowest BCUT2D eigenvalue weighted by molar-refractivity contribution is -0.899. The van der Waals surface area contributed by atoms with Crippen molar-refractivity contribution in [3.05, 3.63) is 143 Å². The minimum atomic E-state index is -1.01. The maximum atomic E-state index is 13.5. The van der Waals surface area contributed by atoms with Gasteiger partial charge in [-0.15, -0.1) is 5.48 Å². The lowest BCUT2D eigenvalue weighted by Gasteiger charge is -2.18. The van der Waals surface area contributed by atoms with Crippen molar-refractivity contribution in [2.75, 3.05) is 6.61 Å². The van der Waals surface area contributed by atoms with Crippen molar-refractivity contribution in [1.82, 2.24) is 0 Å². The van der Waals surface area contributed by atoms with Gasteiger partial charge in [0.25, 0.3) is 0 Å². The molecule has 4 N–H and O–H groups in total. The Kier molecular flexibility index (Phi) is 7.75. The summed E-state index contributed by atoms with van der Waals surface area (Å²) in [6.07, 6.45) is -1.01. The Labute approximate surface area is 221 Å². The Hall–Kier alpha value is -4.10. The molecule has 0 bridgehead atoms. The van der Waals surface area contributed by atoms with E-state index in [2.05, 4.69) is 24.3 Å². The molecule has 6 heteroatoms. The van der Waals surface area contributed by atoms with Crippen LogP contribution in [0, 0.1) is 5.92 Å². The Morgan fingerprint density at radius 2 is 1.24 bits per heavy atom. The monoisotopic (exact) mass is 508 g/mol. The summed E-state index contributed by atoms with van der Waals surface area (Å²) in [4.78, 5) is 31.4. The maximum Gasteiger partial charge on any atom is 0.478 e. The predicted octanol–water partition coefficient (Wildman–Crippen LogP) is 3.80. The van der Waals surface area contributed by atoms with Gasteiger partial charge < -0.3 is 10.2 Å². The fourth-order valence-electron chi connectivity index (χ4n) is 5.11. The highest BCUT2D eigenvalue weighted by atomic mass is 16.7. The van der Waals surface area contributed by atoms with Crippen LogP contribution in [-0.2, 0) is 4.84 Å². The summed E-state index contributed by atoms with van der Waals surface area (Å²) < 4.78 is 0. The number of hydroxylamine groups is 1. The van der Waals surface area contributed by atoms with Gasteiger partial charge in [0.05, 0.1) is 11.1 Å². The number of hydrogen-bond donors (Lipinski definition) is 3. The summed E-state index contributed by atoms with van der Waals surface area (Å²) in [5.74, 6) is -0.534.